The summed E-state index contributed by atoms with van der Waals surface area (Å²) in [6, 6.07) is 35.1. The molecule has 0 aliphatic rings. The standard InChI is InChI=1S/C27H17N5/c1-3-10-26-18(6-1)12-14-20-16-24(29-31(20)26)22-8-5-9-23(28-22)25-17-21-15-13-19-7-2-4-11-27(19)32(21)30-25/h1-17H. The molecule has 0 saturated carbocycles. The molecule has 0 aliphatic heterocycles. The molecule has 5 heteroatoms. The van der Waals surface area contributed by atoms with Gasteiger partial charge in [-0.05, 0) is 48.5 Å². The highest BCUT2D eigenvalue weighted by Crippen LogP contribution is 2.26. The second kappa shape index (κ2) is 6.49. The lowest BCUT2D eigenvalue weighted by molar-refractivity contribution is 0.997. The Morgan fingerprint density at radius 3 is 1.47 bits per heavy atom. The summed E-state index contributed by atoms with van der Waals surface area (Å²) in [7, 11) is 0. The highest BCUT2D eigenvalue weighted by molar-refractivity contribution is 5.84. The first-order valence-electron chi connectivity index (χ1n) is 10.6. The lowest BCUT2D eigenvalue weighted by atomic mass is 10.2. The van der Waals surface area contributed by atoms with Gasteiger partial charge in [0.25, 0.3) is 0 Å². The van der Waals surface area contributed by atoms with Gasteiger partial charge in [0.15, 0.2) is 0 Å². The van der Waals surface area contributed by atoms with Crippen molar-refractivity contribution in [2.24, 2.45) is 0 Å². The summed E-state index contributed by atoms with van der Waals surface area (Å²) in [5, 5.41) is 12.0. The predicted octanol–water partition coefficient (Wildman–Crippen LogP) is 6.02. The van der Waals surface area contributed by atoms with E-state index in [0.29, 0.717) is 0 Å². The fourth-order valence-corrected chi connectivity index (χ4v) is 4.38. The Hall–Kier alpha value is -4.51. The molecule has 0 amide bonds. The quantitative estimate of drug-likeness (QED) is 0.350. The molecule has 2 aromatic carbocycles. The van der Waals surface area contributed by atoms with Crippen LogP contribution in [0.5, 0.6) is 0 Å². The number of nitrogens with zero attached hydrogens (tertiary/aromatic N) is 5. The lowest BCUT2D eigenvalue weighted by Gasteiger charge is -2.01. The van der Waals surface area contributed by atoms with E-state index in [1.807, 2.05) is 51.5 Å². The molecular formula is C27H17N5. The molecule has 0 spiro atoms. The van der Waals surface area contributed by atoms with Crippen LogP contribution in [0.3, 0.4) is 0 Å². The zero-order chi connectivity index (χ0) is 21.1. The fourth-order valence-electron chi connectivity index (χ4n) is 4.38. The van der Waals surface area contributed by atoms with Gasteiger partial charge in [0.05, 0.1) is 33.5 Å². The van der Waals surface area contributed by atoms with E-state index in [-0.39, 0.29) is 0 Å². The van der Waals surface area contributed by atoms with E-state index in [9.17, 15) is 0 Å². The number of hydrogen-bond donors (Lipinski definition) is 0. The molecule has 32 heavy (non-hydrogen) atoms. The van der Waals surface area contributed by atoms with Crippen LogP contribution in [0.4, 0.5) is 0 Å². The Kier molecular flexibility index (Phi) is 3.49. The lowest BCUT2D eigenvalue weighted by Crippen LogP contribution is -1.93. The highest BCUT2D eigenvalue weighted by atomic mass is 15.2. The third-order valence-corrected chi connectivity index (χ3v) is 5.94. The zero-order valence-corrected chi connectivity index (χ0v) is 17.1. The van der Waals surface area contributed by atoms with Crippen molar-refractivity contribution in [2.45, 2.75) is 0 Å². The molecule has 0 aliphatic carbocycles. The molecule has 7 rings (SSSR count). The van der Waals surface area contributed by atoms with Crippen LogP contribution in [0.2, 0.25) is 0 Å². The third kappa shape index (κ3) is 2.55. The maximum absolute atomic E-state index is 4.91. The van der Waals surface area contributed by atoms with E-state index in [4.69, 9.17) is 15.2 Å². The van der Waals surface area contributed by atoms with Crippen LogP contribution in [0.25, 0.3) is 55.6 Å². The van der Waals surface area contributed by atoms with Gasteiger partial charge in [0.1, 0.15) is 11.4 Å². The van der Waals surface area contributed by atoms with E-state index in [0.717, 1.165) is 55.6 Å². The van der Waals surface area contributed by atoms with Crippen molar-refractivity contribution in [1.82, 2.24) is 24.2 Å². The average Bonchev–Trinajstić information content (AvgIpc) is 3.49. The summed E-state index contributed by atoms with van der Waals surface area (Å²) < 4.78 is 3.96. The van der Waals surface area contributed by atoms with Gasteiger partial charge in [-0.15, -0.1) is 0 Å². The first-order valence-corrected chi connectivity index (χ1v) is 10.6. The summed E-state index contributed by atoms with van der Waals surface area (Å²) in [5.74, 6) is 0. The molecule has 0 saturated heterocycles. The third-order valence-electron chi connectivity index (χ3n) is 5.94. The first-order chi connectivity index (χ1) is 15.8. The smallest absolute Gasteiger partial charge is 0.112 e. The molecule has 7 aromatic rings. The van der Waals surface area contributed by atoms with E-state index in [2.05, 4.69) is 60.7 Å². The van der Waals surface area contributed by atoms with E-state index >= 15 is 0 Å². The Labute approximate surface area is 183 Å². The van der Waals surface area contributed by atoms with Gasteiger partial charge in [0.2, 0.25) is 0 Å². The molecule has 150 valence electrons. The fraction of sp³-hybridized carbons (Fsp3) is 0. The minimum Gasteiger partial charge on any atom is -0.244 e. The van der Waals surface area contributed by atoms with Crippen molar-refractivity contribution < 1.29 is 0 Å². The second-order valence-electron chi connectivity index (χ2n) is 7.92. The van der Waals surface area contributed by atoms with Crippen LogP contribution in [0, 0.1) is 0 Å². The summed E-state index contributed by atoms with van der Waals surface area (Å²) >= 11 is 0. The van der Waals surface area contributed by atoms with Gasteiger partial charge < -0.3 is 0 Å². The maximum Gasteiger partial charge on any atom is 0.112 e. The molecule has 0 atom stereocenters. The van der Waals surface area contributed by atoms with Gasteiger partial charge in [-0.1, -0.05) is 54.6 Å². The first kappa shape index (κ1) is 17.2. The van der Waals surface area contributed by atoms with E-state index in [1.165, 1.54) is 0 Å². The van der Waals surface area contributed by atoms with Crippen molar-refractivity contribution in [3.8, 4) is 22.8 Å². The molecule has 0 fully saturated rings. The molecule has 0 bridgehead atoms. The van der Waals surface area contributed by atoms with Gasteiger partial charge in [-0.25, -0.2) is 14.0 Å². The predicted molar refractivity (Wildman–Crippen MR) is 128 cm³/mol. The van der Waals surface area contributed by atoms with Gasteiger partial charge in [-0.2, -0.15) is 10.2 Å². The topological polar surface area (TPSA) is 47.5 Å². The Balaban J connectivity index is 1.37. The highest BCUT2D eigenvalue weighted by Gasteiger charge is 2.12. The monoisotopic (exact) mass is 411 g/mol. The summed E-state index contributed by atoms with van der Waals surface area (Å²) in [5.41, 5.74) is 7.61. The summed E-state index contributed by atoms with van der Waals surface area (Å²) in [6.07, 6.45) is 0. The van der Waals surface area contributed by atoms with Gasteiger partial charge >= 0.3 is 0 Å². The van der Waals surface area contributed by atoms with E-state index in [1.54, 1.807) is 0 Å². The Morgan fingerprint density at radius 1 is 0.438 bits per heavy atom. The van der Waals surface area contributed by atoms with Crippen molar-refractivity contribution in [3.63, 3.8) is 0 Å². The Morgan fingerprint density at radius 2 is 0.938 bits per heavy atom. The Bertz CT molecular complexity index is 1660. The van der Waals surface area contributed by atoms with Crippen molar-refractivity contribution in [3.05, 3.63) is 103 Å². The number of aromatic nitrogens is 5. The molecule has 5 heterocycles. The van der Waals surface area contributed by atoms with Gasteiger partial charge in [-0.3, -0.25) is 0 Å². The van der Waals surface area contributed by atoms with Crippen LogP contribution >= 0.6 is 0 Å². The number of pyridine rings is 3. The van der Waals surface area contributed by atoms with Gasteiger partial charge in [0, 0.05) is 10.8 Å². The molecule has 0 unspecified atom stereocenters. The summed E-state index contributed by atoms with van der Waals surface area (Å²) in [4.78, 5) is 4.91. The molecule has 5 aromatic heterocycles. The van der Waals surface area contributed by atoms with Crippen molar-refractivity contribution in [2.75, 3.05) is 0 Å². The normalized spacial score (nSPS) is 11.8. The largest absolute Gasteiger partial charge is 0.244 e. The van der Waals surface area contributed by atoms with Crippen LogP contribution in [0.1, 0.15) is 0 Å². The molecule has 5 nitrogen and oxygen atoms in total. The van der Waals surface area contributed by atoms with Crippen LogP contribution in [-0.4, -0.2) is 24.2 Å². The van der Waals surface area contributed by atoms with Crippen LogP contribution < -0.4 is 0 Å². The van der Waals surface area contributed by atoms with Crippen LogP contribution in [0.15, 0.2) is 103 Å². The minimum atomic E-state index is 0.831. The average molecular weight is 411 g/mol. The summed E-state index contributed by atoms with van der Waals surface area (Å²) in [6.45, 7) is 0. The maximum atomic E-state index is 4.91. The SMILES string of the molecule is c1cc(-c2cc3ccc4ccccc4n3n2)nc(-c2cc3ccc4ccccc4n3n2)c1. The number of hydrogen-bond acceptors (Lipinski definition) is 3. The molecule has 0 N–H and O–H groups in total. The molecular weight excluding hydrogens is 394 g/mol. The number of rotatable bonds is 2. The number of benzene rings is 2. The number of fused-ring (bicyclic) bond motifs is 6. The number of para-hydroxylation sites is 2. The van der Waals surface area contributed by atoms with Crippen molar-refractivity contribution >= 4 is 32.8 Å². The zero-order valence-electron chi connectivity index (χ0n) is 17.1. The van der Waals surface area contributed by atoms with E-state index < -0.39 is 0 Å². The second-order valence-corrected chi connectivity index (χ2v) is 7.92. The van der Waals surface area contributed by atoms with Crippen molar-refractivity contribution in [1.29, 1.82) is 0 Å². The molecule has 0 radical (unpaired) electrons. The minimum absolute atomic E-state index is 0.831. The van der Waals surface area contributed by atoms with Crippen LogP contribution in [-0.2, 0) is 0 Å².